The van der Waals surface area contributed by atoms with E-state index in [1.54, 1.807) is 32.2 Å². The number of hydrogen-bond donors (Lipinski definition) is 1. The minimum absolute atomic E-state index is 0.234. The molecule has 1 N–H and O–H groups in total. The molecule has 35 heavy (non-hydrogen) atoms. The van der Waals surface area contributed by atoms with Crippen LogP contribution in [0.15, 0.2) is 83.0 Å². The summed E-state index contributed by atoms with van der Waals surface area (Å²) in [7, 11) is 1.58. The van der Waals surface area contributed by atoms with Gasteiger partial charge in [-0.15, -0.1) is 0 Å². The number of anilines is 1. The number of urea groups is 1. The van der Waals surface area contributed by atoms with Gasteiger partial charge in [-0.25, -0.2) is 9.18 Å². The van der Waals surface area contributed by atoms with Crippen LogP contribution in [0.4, 0.5) is 14.9 Å². The van der Waals surface area contributed by atoms with Gasteiger partial charge in [0, 0.05) is 16.3 Å². The second kappa shape index (κ2) is 9.23. The fourth-order valence-electron chi connectivity index (χ4n) is 4.07. The lowest BCUT2D eigenvalue weighted by Gasteiger charge is -2.35. The molecule has 0 bridgehead atoms. The van der Waals surface area contributed by atoms with Crippen molar-refractivity contribution in [2.75, 3.05) is 12.0 Å². The summed E-state index contributed by atoms with van der Waals surface area (Å²) in [5.41, 5.74) is 3.13. The summed E-state index contributed by atoms with van der Waals surface area (Å²) in [5, 5.41) is 7.71. The molecular weight excluding hydrogens is 471 g/mol. The van der Waals surface area contributed by atoms with E-state index in [0.29, 0.717) is 39.1 Å². The van der Waals surface area contributed by atoms with Crippen molar-refractivity contribution in [1.82, 2.24) is 15.5 Å². The molecule has 2 amide bonds. The van der Waals surface area contributed by atoms with Crippen molar-refractivity contribution in [3.05, 3.63) is 101 Å². The Morgan fingerprint density at radius 3 is 2.60 bits per heavy atom. The molecule has 1 aliphatic heterocycles. The van der Waals surface area contributed by atoms with E-state index in [9.17, 15) is 9.18 Å². The highest BCUT2D eigenvalue weighted by Crippen LogP contribution is 2.39. The maximum atomic E-state index is 13.6. The van der Waals surface area contributed by atoms with Crippen molar-refractivity contribution < 1.29 is 18.4 Å². The highest BCUT2D eigenvalue weighted by atomic mass is 35.5. The third-order valence-electron chi connectivity index (χ3n) is 5.74. The third-order valence-corrected chi connectivity index (χ3v) is 5.97. The van der Waals surface area contributed by atoms with Crippen LogP contribution in [0.5, 0.6) is 5.75 Å². The molecule has 4 aromatic rings. The summed E-state index contributed by atoms with van der Waals surface area (Å²) in [4.78, 5) is 19.3. The number of nitrogens with one attached hydrogen (secondary N) is 1. The second-order valence-electron chi connectivity index (χ2n) is 7.90. The molecule has 1 aliphatic rings. The van der Waals surface area contributed by atoms with Crippen LogP contribution < -0.4 is 15.0 Å². The molecule has 0 aliphatic carbocycles. The van der Waals surface area contributed by atoms with E-state index in [1.165, 1.54) is 29.2 Å². The number of methoxy groups -OCH3 is 1. The Morgan fingerprint density at radius 2 is 1.86 bits per heavy atom. The first kappa shape index (κ1) is 22.6. The molecule has 2 heterocycles. The SMILES string of the molecule is COc1cccc(C2NC(=O)N(c3ccc(F)cc3)C(C)=C2c2nc(-c3cccc(Cl)c3)no2)c1. The van der Waals surface area contributed by atoms with Crippen LogP contribution >= 0.6 is 11.6 Å². The highest BCUT2D eigenvalue weighted by molar-refractivity contribution is 6.30. The summed E-state index contributed by atoms with van der Waals surface area (Å²) >= 11 is 6.13. The predicted octanol–water partition coefficient (Wildman–Crippen LogP) is 6.24. The number of carbonyl (C=O) groups excluding carboxylic acids is 1. The van der Waals surface area contributed by atoms with Crippen LogP contribution in [0.2, 0.25) is 5.02 Å². The summed E-state index contributed by atoms with van der Waals surface area (Å²) in [6.07, 6.45) is 0. The molecule has 3 aromatic carbocycles. The van der Waals surface area contributed by atoms with Gasteiger partial charge in [-0.05, 0) is 61.0 Å². The van der Waals surface area contributed by atoms with Gasteiger partial charge in [0.05, 0.1) is 24.4 Å². The summed E-state index contributed by atoms with van der Waals surface area (Å²) in [6, 6.07) is 19.2. The molecule has 1 atom stereocenters. The van der Waals surface area contributed by atoms with Gasteiger partial charge in [0.15, 0.2) is 0 Å². The fraction of sp³-hybridized carbons (Fsp3) is 0.115. The molecule has 1 aromatic heterocycles. The molecule has 5 rings (SSSR count). The van der Waals surface area contributed by atoms with Crippen molar-refractivity contribution in [2.24, 2.45) is 0 Å². The van der Waals surface area contributed by atoms with Gasteiger partial charge in [0.2, 0.25) is 5.82 Å². The van der Waals surface area contributed by atoms with Crippen molar-refractivity contribution in [3.8, 4) is 17.1 Å². The van der Waals surface area contributed by atoms with Gasteiger partial charge in [-0.3, -0.25) is 4.90 Å². The first-order chi connectivity index (χ1) is 16.9. The van der Waals surface area contributed by atoms with E-state index < -0.39 is 11.9 Å². The Hall–Kier alpha value is -4.17. The highest BCUT2D eigenvalue weighted by Gasteiger charge is 2.36. The number of halogens is 2. The Labute approximate surface area is 205 Å². The maximum absolute atomic E-state index is 13.6. The molecule has 0 fully saturated rings. The van der Waals surface area contributed by atoms with Gasteiger partial charge in [0.1, 0.15) is 11.6 Å². The zero-order chi connectivity index (χ0) is 24.5. The lowest BCUT2D eigenvalue weighted by molar-refractivity contribution is 0.244. The number of benzene rings is 3. The number of amides is 2. The quantitative estimate of drug-likeness (QED) is 0.358. The average molecular weight is 491 g/mol. The van der Waals surface area contributed by atoms with Crippen LogP contribution in [0.1, 0.15) is 24.4 Å². The van der Waals surface area contributed by atoms with E-state index in [1.807, 2.05) is 30.3 Å². The molecule has 176 valence electrons. The Balaban J connectivity index is 1.66. The van der Waals surface area contributed by atoms with Gasteiger partial charge in [-0.2, -0.15) is 4.98 Å². The number of allylic oxidation sites excluding steroid dienone is 1. The first-order valence-electron chi connectivity index (χ1n) is 10.8. The van der Waals surface area contributed by atoms with Crippen LogP contribution in [0.25, 0.3) is 17.0 Å². The van der Waals surface area contributed by atoms with Crippen molar-refractivity contribution in [2.45, 2.75) is 13.0 Å². The van der Waals surface area contributed by atoms with E-state index in [4.69, 9.17) is 20.9 Å². The lowest BCUT2D eigenvalue weighted by atomic mass is 9.94. The molecule has 9 heteroatoms. The third kappa shape index (κ3) is 4.36. The van der Waals surface area contributed by atoms with Crippen LogP contribution in [0.3, 0.4) is 0 Å². The van der Waals surface area contributed by atoms with Crippen molar-refractivity contribution >= 4 is 28.9 Å². The zero-order valence-corrected chi connectivity index (χ0v) is 19.6. The molecule has 1 unspecified atom stereocenters. The fourth-order valence-corrected chi connectivity index (χ4v) is 4.26. The molecule has 0 saturated carbocycles. The van der Waals surface area contributed by atoms with Crippen molar-refractivity contribution in [3.63, 3.8) is 0 Å². The second-order valence-corrected chi connectivity index (χ2v) is 8.34. The minimum atomic E-state index is -0.595. The van der Waals surface area contributed by atoms with Crippen LogP contribution in [-0.4, -0.2) is 23.3 Å². The Kier molecular flexibility index (Phi) is 5.96. The van der Waals surface area contributed by atoms with E-state index in [-0.39, 0.29) is 11.9 Å². The largest absolute Gasteiger partial charge is 0.497 e. The Morgan fingerprint density at radius 1 is 1.09 bits per heavy atom. The minimum Gasteiger partial charge on any atom is -0.497 e. The van der Waals surface area contributed by atoms with Gasteiger partial charge in [0.25, 0.3) is 5.89 Å². The van der Waals surface area contributed by atoms with E-state index in [0.717, 1.165) is 5.56 Å². The number of hydrogen-bond acceptors (Lipinski definition) is 5. The number of ether oxygens (including phenoxy) is 1. The van der Waals surface area contributed by atoms with Crippen LogP contribution in [0, 0.1) is 5.82 Å². The number of rotatable bonds is 5. The topological polar surface area (TPSA) is 80.5 Å². The molecule has 0 saturated heterocycles. The van der Waals surface area contributed by atoms with Gasteiger partial charge < -0.3 is 14.6 Å². The smallest absolute Gasteiger partial charge is 0.326 e. The molecule has 0 radical (unpaired) electrons. The van der Waals surface area contributed by atoms with E-state index in [2.05, 4.69) is 15.5 Å². The van der Waals surface area contributed by atoms with E-state index >= 15 is 0 Å². The summed E-state index contributed by atoms with van der Waals surface area (Å²) < 4.78 is 24.6. The normalized spacial score (nSPS) is 15.8. The van der Waals surface area contributed by atoms with Gasteiger partial charge >= 0.3 is 6.03 Å². The lowest BCUT2D eigenvalue weighted by Crippen LogP contribution is -2.46. The Bertz CT molecular complexity index is 1430. The van der Waals surface area contributed by atoms with Crippen molar-refractivity contribution in [1.29, 1.82) is 0 Å². The maximum Gasteiger partial charge on any atom is 0.326 e. The summed E-state index contributed by atoms with van der Waals surface area (Å²) in [5.74, 6) is 0.833. The first-order valence-corrected chi connectivity index (χ1v) is 11.1. The van der Waals surface area contributed by atoms with Gasteiger partial charge in [-0.1, -0.05) is 41.0 Å². The average Bonchev–Trinajstić information content (AvgIpc) is 3.35. The zero-order valence-electron chi connectivity index (χ0n) is 18.8. The predicted molar refractivity (Wildman–Crippen MR) is 130 cm³/mol. The molecule has 0 spiro atoms. The molecule has 7 nitrogen and oxygen atoms in total. The van der Waals surface area contributed by atoms with Crippen LogP contribution in [-0.2, 0) is 0 Å². The monoisotopic (exact) mass is 490 g/mol. The standard InChI is InChI=1S/C26H20ClFN4O3/c1-15-22(25-30-24(31-35-25)17-6-3-7-18(27)13-17)23(16-5-4-8-21(14-16)34-2)29-26(33)32(15)20-11-9-19(28)10-12-20/h3-14,23H,1-2H3,(H,29,33). The number of aromatic nitrogens is 2. The summed E-state index contributed by atoms with van der Waals surface area (Å²) in [6.45, 7) is 1.79. The molecular formula is C26H20ClFN4O3. The number of nitrogens with zero attached hydrogens (tertiary/aromatic N) is 3. The number of carbonyl (C=O) groups is 1.